The van der Waals surface area contributed by atoms with Gasteiger partial charge in [-0.25, -0.2) is 4.79 Å². The second-order valence-electron chi connectivity index (χ2n) is 2.27. The lowest BCUT2D eigenvalue weighted by molar-refractivity contribution is -0.142. The summed E-state index contributed by atoms with van der Waals surface area (Å²) in [5.41, 5.74) is 0.411. The van der Waals surface area contributed by atoms with Crippen LogP contribution >= 0.6 is 0 Å². The van der Waals surface area contributed by atoms with E-state index in [9.17, 15) is 4.79 Å². The van der Waals surface area contributed by atoms with E-state index < -0.39 is 0 Å². The molecule has 0 aromatic carbocycles. The van der Waals surface area contributed by atoms with Gasteiger partial charge in [0.25, 0.3) is 0 Å². The molecule has 0 bridgehead atoms. The van der Waals surface area contributed by atoms with Gasteiger partial charge in [0.15, 0.2) is 0 Å². The standard InChI is InChI=1S/C8H13O2/c1-5-7(4)8(9)10-6(2)3/h5-6H,4H2,1-3H3. The number of carbonyl (C=O) groups is 1. The summed E-state index contributed by atoms with van der Waals surface area (Å²) in [6, 6.07) is 0. The van der Waals surface area contributed by atoms with Crippen molar-refractivity contribution in [2.24, 2.45) is 0 Å². The van der Waals surface area contributed by atoms with E-state index in [1.54, 1.807) is 26.8 Å². The Hall–Kier alpha value is -0.790. The van der Waals surface area contributed by atoms with Crippen LogP contribution in [0.3, 0.4) is 0 Å². The minimum absolute atomic E-state index is 0.0656. The van der Waals surface area contributed by atoms with Crippen molar-refractivity contribution in [1.29, 1.82) is 0 Å². The highest BCUT2D eigenvalue weighted by molar-refractivity contribution is 5.89. The van der Waals surface area contributed by atoms with Crippen LogP contribution in [0.5, 0.6) is 0 Å². The lowest BCUT2D eigenvalue weighted by Crippen LogP contribution is -2.11. The van der Waals surface area contributed by atoms with Crippen molar-refractivity contribution in [3.05, 3.63) is 18.6 Å². The molecule has 0 saturated heterocycles. The molecule has 0 aromatic rings. The van der Waals surface area contributed by atoms with Crippen LogP contribution in [0.25, 0.3) is 0 Å². The number of carbonyl (C=O) groups excluding carboxylic acids is 1. The zero-order valence-electron chi connectivity index (χ0n) is 6.68. The molecule has 0 fully saturated rings. The Morgan fingerprint density at radius 1 is 1.60 bits per heavy atom. The minimum Gasteiger partial charge on any atom is -0.460 e. The van der Waals surface area contributed by atoms with Crippen LogP contribution in [0.15, 0.2) is 11.6 Å². The first-order valence-corrected chi connectivity index (χ1v) is 3.27. The number of ether oxygens (including phenoxy) is 1. The molecule has 10 heavy (non-hydrogen) atoms. The molecule has 0 unspecified atom stereocenters. The Labute approximate surface area is 61.9 Å². The van der Waals surface area contributed by atoms with E-state index in [0.29, 0.717) is 5.57 Å². The quantitative estimate of drug-likeness (QED) is 0.432. The smallest absolute Gasteiger partial charge is 0.333 e. The molecular weight excluding hydrogens is 128 g/mol. The number of rotatable bonds is 2. The summed E-state index contributed by atoms with van der Waals surface area (Å²) in [5, 5.41) is 0. The fraction of sp³-hybridized carbons (Fsp3) is 0.500. The molecule has 0 heterocycles. The number of hydrogen-bond acceptors (Lipinski definition) is 2. The average molecular weight is 141 g/mol. The predicted molar refractivity (Wildman–Crippen MR) is 40.3 cm³/mol. The van der Waals surface area contributed by atoms with Gasteiger partial charge >= 0.3 is 5.97 Å². The summed E-state index contributed by atoms with van der Waals surface area (Å²) in [6.45, 7) is 8.86. The maximum absolute atomic E-state index is 10.8. The average Bonchev–Trinajstić information content (AvgIpc) is 1.85. The van der Waals surface area contributed by atoms with Gasteiger partial charge in [0, 0.05) is 5.57 Å². The first-order valence-electron chi connectivity index (χ1n) is 3.27. The Morgan fingerprint density at radius 2 is 2.10 bits per heavy atom. The molecule has 0 amide bonds. The largest absolute Gasteiger partial charge is 0.460 e. The van der Waals surface area contributed by atoms with Crippen LogP contribution < -0.4 is 0 Å². The van der Waals surface area contributed by atoms with E-state index in [1.807, 2.05) is 0 Å². The summed E-state index contributed by atoms with van der Waals surface area (Å²) < 4.78 is 4.83. The van der Waals surface area contributed by atoms with Crippen molar-refractivity contribution in [3.8, 4) is 0 Å². The minimum atomic E-state index is -0.336. The van der Waals surface area contributed by atoms with Gasteiger partial charge in [-0.15, -0.1) is 0 Å². The molecule has 0 aliphatic carbocycles. The van der Waals surface area contributed by atoms with Gasteiger partial charge in [-0.3, -0.25) is 0 Å². The first kappa shape index (κ1) is 9.21. The van der Waals surface area contributed by atoms with E-state index >= 15 is 0 Å². The lowest BCUT2D eigenvalue weighted by atomic mass is 10.3. The van der Waals surface area contributed by atoms with Gasteiger partial charge in [-0.1, -0.05) is 6.08 Å². The molecule has 2 nitrogen and oxygen atoms in total. The highest BCUT2D eigenvalue weighted by atomic mass is 16.5. The molecule has 0 aliphatic rings. The van der Waals surface area contributed by atoms with E-state index in [1.165, 1.54) is 0 Å². The molecule has 0 aromatic heterocycles. The van der Waals surface area contributed by atoms with Crippen molar-refractivity contribution in [2.45, 2.75) is 26.9 Å². The third kappa shape index (κ3) is 3.28. The number of hydrogen-bond donors (Lipinski definition) is 0. The fourth-order valence-electron chi connectivity index (χ4n) is 0.408. The van der Waals surface area contributed by atoms with Crippen molar-refractivity contribution < 1.29 is 9.53 Å². The lowest BCUT2D eigenvalue weighted by Gasteiger charge is -2.06. The zero-order valence-corrected chi connectivity index (χ0v) is 6.68. The molecule has 1 radical (unpaired) electrons. The molecule has 2 heteroatoms. The van der Waals surface area contributed by atoms with Gasteiger partial charge in [0.1, 0.15) is 0 Å². The van der Waals surface area contributed by atoms with Gasteiger partial charge < -0.3 is 4.74 Å². The third-order valence-corrected chi connectivity index (χ3v) is 0.953. The van der Waals surface area contributed by atoms with Crippen molar-refractivity contribution in [1.82, 2.24) is 0 Å². The monoisotopic (exact) mass is 141 g/mol. The number of esters is 1. The highest BCUT2D eigenvalue weighted by Gasteiger charge is 2.05. The Bertz CT molecular complexity index is 145. The summed E-state index contributed by atoms with van der Waals surface area (Å²) in [4.78, 5) is 10.8. The highest BCUT2D eigenvalue weighted by Crippen LogP contribution is 1.98. The van der Waals surface area contributed by atoms with E-state index in [4.69, 9.17) is 4.74 Å². The van der Waals surface area contributed by atoms with Crippen molar-refractivity contribution in [3.63, 3.8) is 0 Å². The molecule has 0 atom stereocenters. The molecule has 0 N–H and O–H groups in total. The maximum atomic E-state index is 10.8. The van der Waals surface area contributed by atoms with Crippen LogP contribution in [-0.2, 0) is 9.53 Å². The van der Waals surface area contributed by atoms with Crippen LogP contribution in [0.2, 0.25) is 0 Å². The predicted octanol–water partition coefficient (Wildman–Crippen LogP) is 1.72. The second kappa shape index (κ2) is 4.09. The number of allylic oxidation sites excluding steroid dienone is 1. The Balaban J connectivity index is 3.86. The molecule has 0 aliphatic heterocycles. The fourth-order valence-corrected chi connectivity index (χ4v) is 0.408. The molecular formula is C8H13O2. The summed E-state index contributed by atoms with van der Waals surface area (Å²) in [5.74, 6) is -0.336. The summed E-state index contributed by atoms with van der Waals surface area (Å²) in [6.07, 6.45) is 1.56. The summed E-state index contributed by atoms with van der Waals surface area (Å²) in [7, 11) is 0. The van der Waals surface area contributed by atoms with Gasteiger partial charge in [-0.2, -0.15) is 0 Å². The normalized spacial score (nSPS) is 11.9. The molecule has 0 saturated carbocycles. The van der Waals surface area contributed by atoms with Gasteiger partial charge in [0.2, 0.25) is 0 Å². The van der Waals surface area contributed by atoms with Crippen LogP contribution in [-0.4, -0.2) is 12.1 Å². The Kier molecular flexibility index (Phi) is 3.77. The van der Waals surface area contributed by atoms with E-state index in [-0.39, 0.29) is 12.1 Å². The van der Waals surface area contributed by atoms with Gasteiger partial charge in [0.05, 0.1) is 6.10 Å². The van der Waals surface area contributed by atoms with Crippen molar-refractivity contribution in [2.75, 3.05) is 0 Å². The van der Waals surface area contributed by atoms with E-state index in [2.05, 4.69) is 6.92 Å². The van der Waals surface area contributed by atoms with Gasteiger partial charge in [-0.05, 0) is 27.7 Å². The summed E-state index contributed by atoms with van der Waals surface area (Å²) >= 11 is 0. The molecule has 0 rings (SSSR count). The SMILES string of the molecule is [CH2]C(=CC)C(=O)OC(C)C. The topological polar surface area (TPSA) is 26.3 Å². The van der Waals surface area contributed by atoms with Crippen LogP contribution in [0.1, 0.15) is 20.8 Å². The second-order valence-corrected chi connectivity index (χ2v) is 2.27. The van der Waals surface area contributed by atoms with E-state index in [0.717, 1.165) is 0 Å². The molecule has 57 valence electrons. The van der Waals surface area contributed by atoms with Crippen LogP contribution in [0, 0.1) is 6.92 Å². The van der Waals surface area contributed by atoms with Crippen molar-refractivity contribution >= 4 is 5.97 Å². The maximum Gasteiger partial charge on any atom is 0.333 e. The molecule has 0 spiro atoms. The Morgan fingerprint density at radius 3 is 2.40 bits per heavy atom. The first-order chi connectivity index (χ1) is 4.57. The van der Waals surface area contributed by atoms with Crippen LogP contribution in [0.4, 0.5) is 0 Å². The zero-order chi connectivity index (χ0) is 8.15. The third-order valence-electron chi connectivity index (χ3n) is 0.953.